The molecule has 2 fully saturated rings. The Kier molecular flexibility index (Phi) is 6.20. The minimum Gasteiger partial charge on any atom is -0.352 e. The average molecular weight is 384 g/mol. The summed E-state index contributed by atoms with van der Waals surface area (Å²) in [6.45, 7) is 2.95. The molecule has 0 saturated carbocycles. The first kappa shape index (κ1) is 18.5. The molecule has 25 heavy (non-hydrogen) atoms. The fourth-order valence-corrected chi connectivity index (χ4v) is 3.78. The number of nitrogens with one attached hydrogen (secondary N) is 2. The molecule has 2 amide bonds. The van der Waals surface area contributed by atoms with E-state index >= 15 is 0 Å². The summed E-state index contributed by atoms with van der Waals surface area (Å²) in [5.41, 5.74) is 0.506. The molecule has 1 aromatic rings. The van der Waals surface area contributed by atoms with Crippen molar-refractivity contribution in [2.75, 3.05) is 26.2 Å². The maximum atomic E-state index is 12.7. The van der Waals surface area contributed by atoms with Gasteiger partial charge in [0.2, 0.25) is 5.91 Å². The molecule has 3 rings (SSSR count). The average Bonchev–Trinajstić information content (AvgIpc) is 2.64. The maximum absolute atomic E-state index is 12.7. The second-order valence-electron chi connectivity index (χ2n) is 6.77. The van der Waals surface area contributed by atoms with E-state index in [2.05, 4.69) is 10.6 Å². The van der Waals surface area contributed by atoms with Crippen molar-refractivity contribution in [3.05, 3.63) is 33.8 Å². The molecule has 0 aliphatic carbocycles. The van der Waals surface area contributed by atoms with Gasteiger partial charge in [-0.25, -0.2) is 0 Å². The predicted octanol–water partition coefficient (Wildman–Crippen LogP) is 2.71. The smallest absolute Gasteiger partial charge is 0.253 e. The Morgan fingerprint density at radius 2 is 2.00 bits per heavy atom. The minimum absolute atomic E-state index is 0.0559. The van der Waals surface area contributed by atoms with Crippen molar-refractivity contribution in [2.45, 2.75) is 31.7 Å². The summed E-state index contributed by atoms with van der Waals surface area (Å²) in [6.07, 6.45) is 3.74. The summed E-state index contributed by atoms with van der Waals surface area (Å²) in [4.78, 5) is 27.0. The predicted molar refractivity (Wildman–Crippen MR) is 99.1 cm³/mol. The quantitative estimate of drug-likeness (QED) is 0.843. The lowest BCUT2D eigenvalue weighted by atomic mass is 9.95. The van der Waals surface area contributed by atoms with Gasteiger partial charge in [0.1, 0.15) is 0 Å². The molecule has 2 saturated heterocycles. The van der Waals surface area contributed by atoms with Crippen LogP contribution in [0.1, 0.15) is 36.0 Å². The Bertz CT molecular complexity index is 647. The number of nitrogens with zero attached hydrogens (tertiary/aromatic N) is 1. The zero-order chi connectivity index (χ0) is 17.8. The van der Waals surface area contributed by atoms with Gasteiger partial charge < -0.3 is 15.5 Å². The topological polar surface area (TPSA) is 61.4 Å². The van der Waals surface area contributed by atoms with Crippen LogP contribution in [0.15, 0.2) is 18.2 Å². The largest absolute Gasteiger partial charge is 0.352 e. The Morgan fingerprint density at radius 1 is 1.16 bits per heavy atom. The van der Waals surface area contributed by atoms with Crippen LogP contribution in [0, 0.1) is 5.92 Å². The normalized spacial score (nSPS) is 24.0. The van der Waals surface area contributed by atoms with E-state index in [4.69, 9.17) is 23.2 Å². The fraction of sp³-hybridized carbons (Fsp3) is 0.556. The van der Waals surface area contributed by atoms with Crippen molar-refractivity contribution in [3.63, 3.8) is 0 Å². The minimum atomic E-state index is -0.151. The van der Waals surface area contributed by atoms with Gasteiger partial charge in [-0.3, -0.25) is 9.59 Å². The van der Waals surface area contributed by atoms with Gasteiger partial charge in [0.25, 0.3) is 5.91 Å². The Balaban J connectivity index is 1.60. The van der Waals surface area contributed by atoms with Crippen LogP contribution in [0.4, 0.5) is 0 Å². The molecule has 136 valence electrons. The van der Waals surface area contributed by atoms with E-state index in [1.54, 1.807) is 23.1 Å². The summed E-state index contributed by atoms with van der Waals surface area (Å²) in [7, 11) is 0. The van der Waals surface area contributed by atoms with Gasteiger partial charge in [0.05, 0.1) is 16.0 Å². The number of amides is 2. The van der Waals surface area contributed by atoms with Crippen LogP contribution in [0.2, 0.25) is 10.0 Å². The monoisotopic (exact) mass is 383 g/mol. The molecule has 5 nitrogen and oxygen atoms in total. The third-order valence-electron chi connectivity index (χ3n) is 4.89. The third-order valence-corrected chi connectivity index (χ3v) is 5.63. The molecule has 2 N–H and O–H groups in total. The van der Waals surface area contributed by atoms with E-state index in [1.807, 2.05) is 0 Å². The second-order valence-corrected chi connectivity index (χ2v) is 7.59. The highest BCUT2D eigenvalue weighted by Gasteiger charge is 2.30. The lowest BCUT2D eigenvalue weighted by Crippen LogP contribution is -2.51. The zero-order valence-corrected chi connectivity index (χ0v) is 15.6. The number of hydrogen-bond acceptors (Lipinski definition) is 3. The highest BCUT2D eigenvalue weighted by atomic mass is 35.5. The number of carbonyl (C=O) groups is 2. The van der Waals surface area contributed by atoms with Crippen LogP contribution in [0.25, 0.3) is 0 Å². The SMILES string of the molecule is O=C(NC1CCCNC1)C1CCCN(C(=O)c2ccc(Cl)c(Cl)c2)C1. The molecule has 0 radical (unpaired) electrons. The summed E-state index contributed by atoms with van der Waals surface area (Å²) < 4.78 is 0. The molecule has 0 spiro atoms. The van der Waals surface area contributed by atoms with Gasteiger partial charge in [0, 0.05) is 31.2 Å². The van der Waals surface area contributed by atoms with Crippen molar-refractivity contribution in [1.82, 2.24) is 15.5 Å². The molecule has 1 aromatic carbocycles. The second kappa shape index (κ2) is 8.39. The zero-order valence-electron chi connectivity index (χ0n) is 14.1. The van der Waals surface area contributed by atoms with Gasteiger partial charge in [0.15, 0.2) is 0 Å². The molecule has 2 aliphatic rings. The number of halogens is 2. The summed E-state index contributed by atoms with van der Waals surface area (Å²) in [5, 5.41) is 7.22. The molecule has 2 heterocycles. The van der Waals surface area contributed by atoms with Gasteiger partial charge in [-0.2, -0.15) is 0 Å². The van der Waals surface area contributed by atoms with Crippen LogP contribution in [-0.2, 0) is 4.79 Å². The van der Waals surface area contributed by atoms with E-state index in [9.17, 15) is 9.59 Å². The molecular formula is C18H23Cl2N3O2. The molecule has 2 unspecified atom stereocenters. The molecule has 2 aliphatic heterocycles. The molecule has 0 bridgehead atoms. The van der Waals surface area contributed by atoms with E-state index in [0.29, 0.717) is 28.7 Å². The van der Waals surface area contributed by atoms with Crippen molar-refractivity contribution in [1.29, 1.82) is 0 Å². The van der Waals surface area contributed by atoms with Crippen molar-refractivity contribution >= 4 is 35.0 Å². The lowest BCUT2D eigenvalue weighted by molar-refractivity contribution is -0.127. The van der Waals surface area contributed by atoms with E-state index < -0.39 is 0 Å². The molecule has 0 aromatic heterocycles. The summed E-state index contributed by atoms with van der Waals surface area (Å²) >= 11 is 11.9. The number of rotatable bonds is 3. The number of carbonyl (C=O) groups excluding carboxylic acids is 2. The van der Waals surface area contributed by atoms with Crippen molar-refractivity contribution < 1.29 is 9.59 Å². The van der Waals surface area contributed by atoms with Crippen LogP contribution in [0.3, 0.4) is 0 Å². The highest BCUT2D eigenvalue weighted by Crippen LogP contribution is 2.25. The van der Waals surface area contributed by atoms with Gasteiger partial charge >= 0.3 is 0 Å². The number of piperidine rings is 2. The van der Waals surface area contributed by atoms with Crippen LogP contribution in [-0.4, -0.2) is 48.9 Å². The first-order valence-electron chi connectivity index (χ1n) is 8.80. The van der Waals surface area contributed by atoms with E-state index in [-0.39, 0.29) is 23.8 Å². The molecular weight excluding hydrogens is 361 g/mol. The van der Waals surface area contributed by atoms with Crippen molar-refractivity contribution in [3.8, 4) is 0 Å². The maximum Gasteiger partial charge on any atom is 0.253 e. The van der Waals surface area contributed by atoms with E-state index in [1.165, 1.54) is 0 Å². The Hall–Kier alpha value is -1.30. The molecule has 2 atom stereocenters. The standard InChI is InChI=1S/C18H23Cl2N3O2/c19-15-6-5-12(9-16(15)20)18(25)23-8-2-3-13(11-23)17(24)22-14-4-1-7-21-10-14/h5-6,9,13-14,21H,1-4,7-8,10-11H2,(H,22,24). The molecule has 7 heteroatoms. The van der Waals surface area contributed by atoms with E-state index in [0.717, 1.165) is 38.8 Å². The van der Waals surface area contributed by atoms with Crippen LogP contribution in [0.5, 0.6) is 0 Å². The number of likely N-dealkylation sites (tertiary alicyclic amines) is 1. The third kappa shape index (κ3) is 4.66. The lowest BCUT2D eigenvalue weighted by Gasteiger charge is -2.33. The first-order chi connectivity index (χ1) is 12.0. The van der Waals surface area contributed by atoms with Gasteiger partial charge in [-0.05, 0) is 50.4 Å². The Morgan fingerprint density at radius 3 is 2.72 bits per heavy atom. The number of benzene rings is 1. The summed E-state index contributed by atoms with van der Waals surface area (Å²) in [5.74, 6) is -0.196. The van der Waals surface area contributed by atoms with Gasteiger partial charge in [-0.15, -0.1) is 0 Å². The van der Waals surface area contributed by atoms with Crippen LogP contribution < -0.4 is 10.6 Å². The first-order valence-corrected chi connectivity index (χ1v) is 9.55. The Labute approximate surface area is 158 Å². The van der Waals surface area contributed by atoms with Crippen molar-refractivity contribution in [2.24, 2.45) is 5.92 Å². The van der Waals surface area contributed by atoms with Gasteiger partial charge in [-0.1, -0.05) is 23.2 Å². The fourth-order valence-electron chi connectivity index (χ4n) is 3.48. The highest BCUT2D eigenvalue weighted by molar-refractivity contribution is 6.42. The number of hydrogen-bond donors (Lipinski definition) is 2. The van der Waals surface area contributed by atoms with Crippen LogP contribution >= 0.6 is 23.2 Å². The summed E-state index contributed by atoms with van der Waals surface area (Å²) in [6, 6.07) is 5.08.